The summed E-state index contributed by atoms with van der Waals surface area (Å²) in [5.41, 5.74) is 11.3. The summed E-state index contributed by atoms with van der Waals surface area (Å²) in [7, 11) is 0. The van der Waals surface area contributed by atoms with Crippen LogP contribution in [0.1, 0.15) is 25.7 Å². The standard InChI is InChI=1S/C8H14N2O.ClH/c9-6-3-8(4-6)1-5(2-8)7(10)11;/h5-6H,1-4,9H2,(H2,10,11);1H. The lowest BCUT2D eigenvalue weighted by Crippen LogP contribution is -2.55. The van der Waals surface area contributed by atoms with Crippen LogP contribution in [0.15, 0.2) is 0 Å². The highest BCUT2D eigenvalue weighted by Gasteiger charge is 2.53. The average Bonchev–Trinajstić information content (AvgIpc) is 1.73. The molecular formula is C8H15ClN2O. The predicted octanol–water partition coefficient (Wildman–Crippen LogP) is 0.411. The Labute approximate surface area is 78.3 Å². The first kappa shape index (κ1) is 9.81. The molecule has 2 fully saturated rings. The van der Waals surface area contributed by atoms with Crippen molar-refractivity contribution in [3.05, 3.63) is 0 Å². The van der Waals surface area contributed by atoms with Gasteiger partial charge in [0.05, 0.1) is 0 Å². The number of carbonyl (C=O) groups excluding carboxylic acids is 1. The molecule has 1 amide bonds. The number of carbonyl (C=O) groups is 1. The van der Waals surface area contributed by atoms with Gasteiger partial charge in [0.15, 0.2) is 0 Å². The molecule has 0 heterocycles. The Balaban J connectivity index is 0.000000720. The molecule has 0 saturated heterocycles. The van der Waals surface area contributed by atoms with E-state index in [-0.39, 0.29) is 24.2 Å². The zero-order valence-electron chi connectivity index (χ0n) is 6.95. The monoisotopic (exact) mass is 190 g/mol. The van der Waals surface area contributed by atoms with Crippen molar-refractivity contribution < 1.29 is 4.79 Å². The minimum Gasteiger partial charge on any atom is -0.369 e. The van der Waals surface area contributed by atoms with E-state index in [0.29, 0.717) is 11.5 Å². The van der Waals surface area contributed by atoms with Crippen molar-refractivity contribution in [2.24, 2.45) is 22.8 Å². The SMILES string of the molecule is Cl.NC(=O)C1CC2(CC(N)C2)C1. The maximum absolute atomic E-state index is 10.7. The smallest absolute Gasteiger partial charge is 0.220 e. The van der Waals surface area contributed by atoms with Crippen LogP contribution in [0.3, 0.4) is 0 Å². The van der Waals surface area contributed by atoms with E-state index >= 15 is 0 Å². The van der Waals surface area contributed by atoms with Crippen LogP contribution in [0.2, 0.25) is 0 Å². The zero-order valence-corrected chi connectivity index (χ0v) is 7.77. The van der Waals surface area contributed by atoms with Crippen molar-refractivity contribution in [1.29, 1.82) is 0 Å². The molecule has 4 heteroatoms. The fraction of sp³-hybridized carbons (Fsp3) is 0.875. The van der Waals surface area contributed by atoms with E-state index < -0.39 is 0 Å². The topological polar surface area (TPSA) is 69.1 Å². The lowest BCUT2D eigenvalue weighted by atomic mass is 9.50. The molecule has 0 unspecified atom stereocenters. The Morgan fingerprint density at radius 1 is 1.25 bits per heavy atom. The van der Waals surface area contributed by atoms with E-state index in [1.165, 1.54) is 0 Å². The van der Waals surface area contributed by atoms with Crippen molar-refractivity contribution in [2.45, 2.75) is 31.7 Å². The molecule has 4 N–H and O–H groups in total. The number of rotatable bonds is 1. The van der Waals surface area contributed by atoms with Gasteiger partial charge in [-0.3, -0.25) is 4.79 Å². The summed E-state index contributed by atoms with van der Waals surface area (Å²) >= 11 is 0. The third-order valence-electron chi connectivity index (χ3n) is 3.15. The molecule has 0 radical (unpaired) electrons. The molecule has 70 valence electrons. The first-order valence-electron chi connectivity index (χ1n) is 4.16. The van der Waals surface area contributed by atoms with Crippen LogP contribution in [-0.4, -0.2) is 11.9 Å². The highest BCUT2D eigenvalue weighted by Crippen LogP contribution is 2.57. The maximum Gasteiger partial charge on any atom is 0.220 e. The number of hydrogen-bond acceptors (Lipinski definition) is 2. The molecule has 0 atom stereocenters. The molecule has 2 rings (SSSR count). The van der Waals surface area contributed by atoms with Gasteiger partial charge in [0.2, 0.25) is 5.91 Å². The Hall–Kier alpha value is -0.280. The normalized spacial score (nSPS) is 44.1. The summed E-state index contributed by atoms with van der Waals surface area (Å²) in [5, 5.41) is 0. The van der Waals surface area contributed by atoms with Crippen LogP contribution < -0.4 is 11.5 Å². The molecule has 0 aromatic heterocycles. The minimum absolute atomic E-state index is 0. The van der Waals surface area contributed by atoms with Crippen LogP contribution in [0.5, 0.6) is 0 Å². The fourth-order valence-corrected chi connectivity index (χ4v) is 2.57. The van der Waals surface area contributed by atoms with Gasteiger partial charge in [-0.25, -0.2) is 0 Å². The van der Waals surface area contributed by atoms with Gasteiger partial charge in [-0.05, 0) is 31.1 Å². The highest BCUT2D eigenvalue weighted by molar-refractivity contribution is 5.85. The first-order valence-corrected chi connectivity index (χ1v) is 4.16. The van der Waals surface area contributed by atoms with Gasteiger partial charge in [0, 0.05) is 12.0 Å². The molecule has 0 aliphatic heterocycles. The molecule has 0 bridgehead atoms. The quantitative estimate of drug-likeness (QED) is 0.629. The van der Waals surface area contributed by atoms with Gasteiger partial charge in [-0.1, -0.05) is 0 Å². The van der Waals surface area contributed by atoms with Gasteiger partial charge in [0.1, 0.15) is 0 Å². The summed E-state index contributed by atoms with van der Waals surface area (Å²) in [6.07, 6.45) is 4.21. The van der Waals surface area contributed by atoms with Gasteiger partial charge < -0.3 is 11.5 Å². The van der Waals surface area contributed by atoms with E-state index in [2.05, 4.69) is 0 Å². The molecule has 0 aromatic carbocycles. The molecule has 2 aliphatic carbocycles. The number of hydrogen-bond donors (Lipinski definition) is 2. The molecule has 1 spiro atoms. The molecular weight excluding hydrogens is 176 g/mol. The van der Waals surface area contributed by atoms with Crippen LogP contribution in [0.25, 0.3) is 0 Å². The van der Waals surface area contributed by atoms with Crippen LogP contribution in [0, 0.1) is 11.3 Å². The third kappa shape index (κ3) is 1.31. The highest BCUT2D eigenvalue weighted by atomic mass is 35.5. The van der Waals surface area contributed by atoms with Gasteiger partial charge in [-0.2, -0.15) is 0 Å². The second-order valence-electron chi connectivity index (χ2n) is 4.18. The Morgan fingerprint density at radius 3 is 2.08 bits per heavy atom. The first-order chi connectivity index (χ1) is 5.11. The lowest BCUT2D eigenvalue weighted by molar-refractivity contribution is -0.134. The second kappa shape index (κ2) is 2.89. The number of nitrogens with two attached hydrogens (primary N) is 2. The average molecular weight is 191 g/mol. The van der Waals surface area contributed by atoms with E-state index in [0.717, 1.165) is 25.7 Å². The lowest BCUT2D eigenvalue weighted by Gasteiger charge is -2.56. The minimum atomic E-state index is -0.129. The summed E-state index contributed by atoms with van der Waals surface area (Å²) in [6.45, 7) is 0. The van der Waals surface area contributed by atoms with Crippen molar-refractivity contribution in [3.8, 4) is 0 Å². The van der Waals surface area contributed by atoms with Crippen molar-refractivity contribution in [2.75, 3.05) is 0 Å². The maximum atomic E-state index is 10.7. The van der Waals surface area contributed by atoms with Crippen molar-refractivity contribution in [1.82, 2.24) is 0 Å². The van der Waals surface area contributed by atoms with Crippen molar-refractivity contribution in [3.63, 3.8) is 0 Å². The van der Waals surface area contributed by atoms with Gasteiger partial charge >= 0.3 is 0 Å². The van der Waals surface area contributed by atoms with Gasteiger partial charge in [0.25, 0.3) is 0 Å². The Morgan fingerprint density at radius 2 is 1.75 bits per heavy atom. The summed E-state index contributed by atoms with van der Waals surface area (Å²) < 4.78 is 0. The third-order valence-corrected chi connectivity index (χ3v) is 3.15. The van der Waals surface area contributed by atoms with E-state index in [1.807, 2.05) is 0 Å². The number of amides is 1. The van der Waals surface area contributed by atoms with E-state index in [9.17, 15) is 4.79 Å². The van der Waals surface area contributed by atoms with Crippen molar-refractivity contribution >= 4 is 18.3 Å². The molecule has 2 saturated carbocycles. The molecule has 0 aromatic rings. The largest absolute Gasteiger partial charge is 0.369 e. The number of primary amides is 1. The Bertz CT molecular complexity index is 193. The summed E-state index contributed by atoms with van der Waals surface area (Å²) in [5.74, 6) is 0.0265. The summed E-state index contributed by atoms with van der Waals surface area (Å²) in [6, 6.07) is 0.392. The summed E-state index contributed by atoms with van der Waals surface area (Å²) in [4.78, 5) is 10.7. The fourth-order valence-electron chi connectivity index (χ4n) is 2.57. The van der Waals surface area contributed by atoms with Crippen LogP contribution in [-0.2, 0) is 4.79 Å². The van der Waals surface area contributed by atoms with E-state index in [4.69, 9.17) is 11.5 Å². The second-order valence-corrected chi connectivity index (χ2v) is 4.18. The van der Waals surface area contributed by atoms with Gasteiger partial charge in [-0.15, -0.1) is 12.4 Å². The molecule has 2 aliphatic rings. The number of halogens is 1. The van der Waals surface area contributed by atoms with Crippen LogP contribution in [0.4, 0.5) is 0 Å². The predicted molar refractivity (Wildman–Crippen MR) is 48.8 cm³/mol. The molecule has 3 nitrogen and oxygen atoms in total. The Kier molecular flexibility index (Phi) is 2.36. The molecule has 12 heavy (non-hydrogen) atoms. The zero-order chi connectivity index (χ0) is 8.06. The van der Waals surface area contributed by atoms with E-state index in [1.54, 1.807) is 0 Å². The van der Waals surface area contributed by atoms with Crippen LogP contribution >= 0.6 is 12.4 Å².